The molecule has 0 unspecified atom stereocenters. The largest absolute Gasteiger partial charge is 0.320 e. The summed E-state index contributed by atoms with van der Waals surface area (Å²) in [6, 6.07) is 8.26. The predicted molar refractivity (Wildman–Crippen MR) is 89.2 cm³/mol. The number of carbonyl (C=O) groups is 1. The number of aromatic nitrogens is 1. The minimum atomic E-state index is -0.424. The van der Waals surface area contributed by atoms with E-state index in [-0.39, 0.29) is 10.7 Å². The van der Waals surface area contributed by atoms with Crippen molar-refractivity contribution >= 4 is 63.2 Å². The average molecular weight is 423 g/mol. The molecule has 0 aliphatic carbocycles. The molecule has 0 spiro atoms. The van der Waals surface area contributed by atoms with Crippen LogP contribution in [0.25, 0.3) is 0 Å². The quantitative estimate of drug-likeness (QED) is 0.401. The van der Waals surface area contributed by atoms with Gasteiger partial charge in [0.05, 0.1) is 10.7 Å². The lowest BCUT2D eigenvalue weighted by Gasteiger charge is -2.09. The molecule has 0 fully saturated rings. The Bertz CT molecular complexity index is 666. The number of anilines is 2. The number of nitrogens with one attached hydrogen (secondary N) is 2. The summed E-state index contributed by atoms with van der Waals surface area (Å²) < 4.78 is 0.813. The number of rotatable bonds is 3. The number of hydrogen-bond donors (Lipinski definition) is 3. The molecule has 0 saturated carbocycles. The number of hydrogen-bond acceptors (Lipinski definition) is 4. The molecule has 0 radical (unpaired) electrons. The number of pyridine rings is 1. The van der Waals surface area contributed by atoms with Crippen molar-refractivity contribution < 1.29 is 4.79 Å². The van der Waals surface area contributed by atoms with Gasteiger partial charge in [-0.25, -0.2) is 10.8 Å². The molecule has 104 valence electrons. The molecule has 0 saturated heterocycles. The fourth-order valence-electron chi connectivity index (χ4n) is 1.45. The smallest absolute Gasteiger partial charge is 0.275 e. The summed E-state index contributed by atoms with van der Waals surface area (Å²) in [5.41, 5.74) is 3.08. The minimum Gasteiger partial charge on any atom is -0.320 e. The maximum absolute atomic E-state index is 12.2. The lowest BCUT2D eigenvalue weighted by molar-refractivity contribution is 0.102. The summed E-state index contributed by atoms with van der Waals surface area (Å²) in [4.78, 5) is 16.2. The van der Waals surface area contributed by atoms with Crippen LogP contribution in [0.5, 0.6) is 0 Å². The number of nitrogens with two attached hydrogens (primary N) is 1. The third-order valence-electron chi connectivity index (χ3n) is 2.39. The van der Waals surface area contributed by atoms with E-state index in [9.17, 15) is 4.79 Å². The van der Waals surface area contributed by atoms with Crippen LogP contribution in [0.3, 0.4) is 0 Å². The Morgan fingerprint density at radius 1 is 1.25 bits per heavy atom. The Hall–Kier alpha value is -1.09. The van der Waals surface area contributed by atoms with Gasteiger partial charge in [-0.15, -0.1) is 0 Å². The highest BCUT2D eigenvalue weighted by Crippen LogP contribution is 2.24. The number of halogens is 3. The van der Waals surface area contributed by atoms with Crippen LogP contribution in [0, 0.1) is 3.57 Å². The highest BCUT2D eigenvalue weighted by atomic mass is 127. The van der Waals surface area contributed by atoms with Gasteiger partial charge in [-0.05, 0) is 52.9 Å². The molecule has 4 N–H and O–H groups in total. The lowest BCUT2D eigenvalue weighted by atomic mass is 10.3. The van der Waals surface area contributed by atoms with Crippen LogP contribution in [0.1, 0.15) is 10.5 Å². The van der Waals surface area contributed by atoms with Crippen molar-refractivity contribution in [3.63, 3.8) is 0 Å². The molecule has 0 bridgehead atoms. The molecule has 5 nitrogen and oxygen atoms in total. The van der Waals surface area contributed by atoms with Crippen molar-refractivity contribution in [2.75, 3.05) is 10.7 Å². The number of amides is 1. The average Bonchev–Trinajstić information content (AvgIpc) is 2.42. The monoisotopic (exact) mass is 422 g/mol. The summed E-state index contributed by atoms with van der Waals surface area (Å²) >= 11 is 13.9. The van der Waals surface area contributed by atoms with Gasteiger partial charge < -0.3 is 10.7 Å². The highest BCUT2D eigenvalue weighted by Gasteiger charge is 2.14. The molecular weight excluding hydrogens is 414 g/mol. The first-order chi connectivity index (χ1) is 9.51. The van der Waals surface area contributed by atoms with Crippen LogP contribution in [0.4, 0.5) is 11.5 Å². The normalized spacial score (nSPS) is 10.2. The topological polar surface area (TPSA) is 80.0 Å². The number of hydrazine groups is 1. The Kier molecular flexibility index (Phi) is 5.03. The highest BCUT2D eigenvalue weighted by molar-refractivity contribution is 14.1. The number of benzene rings is 1. The van der Waals surface area contributed by atoms with Gasteiger partial charge in [-0.2, -0.15) is 0 Å². The Labute approximate surface area is 139 Å². The third kappa shape index (κ3) is 3.51. The fraction of sp³-hybridized carbons (Fsp3) is 0. The second kappa shape index (κ2) is 6.57. The van der Waals surface area contributed by atoms with E-state index in [1.54, 1.807) is 30.3 Å². The summed E-state index contributed by atoms with van der Waals surface area (Å²) in [5.74, 6) is 5.19. The maximum atomic E-state index is 12.2. The van der Waals surface area contributed by atoms with Crippen molar-refractivity contribution in [2.45, 2.75) is 0 Å². The molecule has 2 rings (SSSR count). The van der Waals surface area contributed by atoms with E-state index >= 15 is 0 Å². The molecule has 1 aromatic heterocycles. The second-order valence-electron chi connectivity index (χ2n) is 3.75. The van der Waals surface area contributed by atoms with Crippen LogP contribution >= 0.6 is 45.8 Å². The summed E-state index contributed by atoms with van der Waals surface area (Å²) in [6.45, 7) is 0. The van der Waals surface area contributed by atoms with Crippen LogP contribution in [-0.4, -0.2) is 10.9 Å². The van der Waals surface area contributed by atoms with Gasteiger partial charge >= 0.3 is 0 Å². The molecule has 1 amide bonds. The zero-order chi connectivity index (χ0) is 14.7. The van der Waals surface area contributed by atoms with Crippen molar-refractivity contribution in [3.05, 3.63) is 49.6 Å². The van der Waals surface area contributed by atoms with Gasteiger partial charge in [0.25, 0.3) is 5.91 Å². The first kappa shape index (κ1) is 15.3. The van der Waals surface area contributed by atoms with Gasteiger partial charge in [0.1, 0.15) is 11.5 Å². The third-order valence-corrected chi connectivity index (χ3v) is 3.82. The van der Waals surface area contributed by atoms with Crippen molar-refractivity contribution in [2.24, 2.45) is 5.84 Å². The number of nitrogens with zero attached hydrogens (tertiary/aromatic N) is 1. The van der Waals surface area contributed by atoms with Crippen LogP contribution in [-0.2, 0) is 0 Å². The van der Waals surface area contributed by atoms with Gasteiger partial charge in [0, 0.05) is 8.59 Å². The summed E-state index contributed by atoms with van der Waals surface area (Å²) in [6.07, 6.45) is 0. The first-order valence-electron chi connectivity index (χ1n) is 5.41. The molecule has 1 aromatic carbocycles. The summed E-state index contributed by atoms with van der Waals surface area (Å²) in [5, 5.41) is 3.56. The van der Waals surface area contributed by atoms with E-state index in [1.165, 1.54) is 0 Å². The Balaban J connectivity index is 2.28. The number of nitrogen functional groups attached to an aromatic ring is 1. The van der Waals surface area contributed by atoms with E-state index in [0.717, 1.165) is 3.57 Å². The Morgan fingerprint density at radius 2 is 2.00 bits per heavy atom. The van der Waals surface area contributed by atoms with Crippen LogP contribution in [0.2, 0.25) is 10.0 Å². The molecule has 0 aliphatic rings. The molecule has 1 heterocycles. The molecule has 0 aliphatic heterocycles. The zero-order valence-electron chi connectivity index (χ0n) is 9.95. The first-order valence-corrected chi connectivity index (χ1v) is 7.24. The second-order valence-corrected chi connectivity index (χ2v) is 5.76. The van der Waals surface area contributed by atoms with E-state index in [2.05, 4.69) is 38.3 Å². The van der Waals surface area contributed by atoms with E-state index in [0.29, 0.717) is 16.5 Å². The minimum absolute atomic E-state index is 0.0906. The van der Waals surface area contributed by atoms with Crippen LogP contribution in [0.15, 0.2) is 30.3 Å². The standard InChI is InChI=1S/C12H9Cl2IN4O/c13-6-1-3-9(8(15)5-6)17-12(20)11-7(14)2-4-10(18-11)19-16/h1-5H,16H2,(H,17,20)(H,18,19). The van der Waals surface area contributed by atoms with Crippen molar-refractivity contribution in [3.8, 4) is 0 Å². The van der Waals surface area contributed by atoms with Gasteiger partial charge in [0.15, 0.2) is 0 Å². The molecule has 20 heavy (non-hydrogen) atoms. The Morgan fingerprint density at radius 3 is 2.65 bits per heavy atom. The molecule has 2 aromatic rings. The fourth-order valence-corrected chi connectivity index (χ4v) is 2.65. The van der Waals surface area contributed by atoms with Crippen molar-refractivity contribution in [1.29, 1.82) is 0 Å². The predicted octanol–water partition coefficient (Wildman–Crippen LogP) is 3.53. The zero-order valence-corrected chi connectivity index (χ0v) is 13.6. The summed E-state index contributed by atoms with van der Waals surface area (Å²) in [7, 11) is 0. The van der Waals surface area contributed by atoms with E-state index in [4.69, 9.17) is 29.0 Å². The maximum Gasteiger partial charge on any atom is 0.275 e. The molecule has 8 heteroatoms. The molecular formula is C12H9Cl2IN4O. The van der Waals surface area contributed by atoms with Crippen LogP contribution < -0.4 is 16.6 Å². The SMILES string of the molecule is NNc1ccc(Cl)c(C(=O)Nc2ccc(Cl)cc2I)n1. The lowest BCUT2D eigenvalue weighted by Crippen LogP contribution is -2.17. The molecule has 0 atom stereocenters. The van der Waals surface area contributed by atoms with Gasteiger partial charge in [-0.3, -0.25) is 4.79 Å². The van der Waals surface area contributed by atoms with Gasteiger partial charge in [0.2, 0.25) is 0 Å². The van der Waals surface area contributed by atoms with E-state index < -0.39 is 5.91 Å². The van der Waals surface area contributed by atoms with E-state index in [1.807, 2.05) is 0 Å². The number of carbonyl (C=O) groups excluding carboxylic acids is 1. The van der Waals surface area contributed by atoms with Crippen molar-refractivity contribution in [1.82, 2.24) is 4.98 Å². The van der Waals surface area contributed by atoms with Gasteiger partial charge in [-0.1, -0.05) is 23.2 Å².